The summed E-state index contributed by atoms with van der Waals surface area (Å²) in [5, 5.41) is 3.28. The maximum absolute atomic E-state index is 11.4. The van der Waals surface area contributed by atoms with Crippen LogP contribution in [0.1, 0.15) is 0 Å². The van der Waals surface area contributed by atoms with Crippen molar-refractivity contribution in [1.29, 1.82) is 0 Å². The standard InChI is InChI=1S/C16H20ClN5O.HI/c1-2-7-19-15(23)12-20-16(18)22-10-8-21(9-11-22)14-5-3-13(17)4-6-14;/h1,3-6H,7-12H2,(H2,18,20)(H,19,23);1H. The molecule has 0 saturated carbocycles. The van der Waals surface area contributed by atoms with E-state index in [1.54, 1.807) is 0 Å². The Hall–Kier alpha value is -1.66. The average molecular weight is 462 g/mol. The number of benzene rings is 1. The van der Waals surface area contributed by atoms with Gasteiger partial charge in [-0.1, -0.05) is 17.5 Å². The fourth-order valence-corrected chi connectivity index (χ4v) is 2.43. The molecule has 1 aromatic carbocycles. The van der Waals surface area contributed by atoms with Gasteiger partial charge in [-0.3, -0.25) is 4.79 Å². The Morgan fingerprint density at radius 2 is 1.92 bits per heavy atom. The molecule has 8 heteroatoms. The van der Waals surface area contributed by atoms with Crippen LogP contribution in [0.5, 0.6) is 0 Å². The third kappa shape index (κ3) is 6.09. The van der Waals surface area contributed by atoms with Crippen molar-refractivity contribution in [3.8, 4) is 12.3 Å². The van der Waals surface area contributed by atoms with Gasteiger partial charge in [0, 0.05) is 36.9 Å². The minimum Gasteiger partial charge on any atom is -0.370 e. The van der Waals surface area contributed by atoms with Gasteiger partial charge in [0.1, 0.15) is 6.54 Å². The maximum atomic E-state index is 11.4. The molecule has 1 amide bonds. The Labute approximate surface area is 164 Å². The van der Waals surface area contributed by atoms with Crippen LogP contribution in [0.25, 0.3) is 0 Å². The number of piperazine rings is 1. The molecular weight excluding hydrogens is 441 g/mol. The first-order valence-corrected chi connectivity index (χ1v) is 7.73. The zero-order chi connectivity index (χ0) is 16.7. The topological polar surface area (TPSA) is 74.0 Å². The van der Waals surface area contributed by atoms with Gasteiger partial charge in [-0.05, 0) is 24.3 Å². The fourth-order valence-electron chi connectivity index (χ4n) is 2.30. The minimum atomic E-state index is -0.231. The highest BCUT2D eigenvalue weighted by Crippen LogP contribution is 2.19. The third-order valence-corrected chi connectivity index (χ3v) is 3.82. The number of anilines is 1. The summed E-state index contributed by atoms with van der Waals surface area (Å²) >= 11 is 5.90. The molecule has 6 nitrogen and oxygen atoms in total. The number of hydrogen-bond donors (Lipinski definition) is 2. The second kappa shape index (κ2) is 10.3. The lowest BCUT2D eigenvalue weighted by Crippen LogP contribution is -2.51. The van der Waals surface area contributed by atoms with E-state index in [2.05, 4.69) is 21.1 Å². The Kier molecular flexibility index (Phi) is 8.71. The highest BCUT2D eigenvalue weighted by molar-refractivity contribution is 14.0. The molecule has 0 spiro atoms. The van der Waals surface area contributed by atoms with Gasteiger partial charge in [-0.2, -0.15) is 0 Å². The molecule has 24 heavy (non-hydrogen) atoms. The molecule has 0 radical (unpaired) electrons. The predicted octanol–water partition coefficient (Wildman–Crippen LogP) is 1.14. The van der Waals surface area contributed by atoms with Crippen LogP contribution in [0.15, 0.2) is 29.3 Å². The largest absolute Gasteiger partial charge is 0.370 e. The van der Waals surface area contributed by atoms with Crippen LogP contribution in [-0.4, -0.2) is 56.0 Å². The number of nitrogens with one attached hydrogen (secondary N) is 1. The quantitative estimate of drug-likeness (QED) is 0.305. The second-order valence-electron chi connectivity index (χ2n) is 5.11. The minimum absolute atomic E-state index is 0. The third-order valence-electron chi connectivity index (χ3n) is 3.57. The molecule has 2 rings (SSSR count). The zero-order valence-electron chi connectivity index (χ0n) is 13.2. The van der Waals surface area contributed by atoms with Crippen molar-refractivity contribution in [3.63, 3.8) is 0 Å². The first-order valence-electron chi connectivity index (χ1n) is 7.35. The molecule has 0 atom stereocenters. The molecule has 1 aliphatic rings. The lowest BCUT2D eigenvalue weighted by molar-refractivity contribution is -0.119. The van der Waals surface area contributed by atoms with Crippen LogP contribution < -0.4 is 16.0 Å². The lowest BCUT2D eigenvalue weighted by atomic mass is 10.2. The van der Waals surface area contributed by atoms with Crippen molar-refractivity contribution >= 4 is 53.1 Å². The highest BCUT2D eigenvalue weighted by Gasteiger charge is 2.18. The summed E-state index contributed by atoms with van der Waals surface area (Å²) < 4.78 is 0. The van der Waals surface area contributed by atoms with Crippen LogP contribution in [0.4, 0.5) is 5.69 Å². The van der Waals surface area contributed by atoms with E-state index in [1.165, 1.54) is 0 Å². The molecule has 1 aliphatic heterocycles. The summed E-state index contributed by atoms with van der Waals surface area (Å²) in [4.78, 5) is 19.8. The predicted molar refractivity (Wildman–Crippen MR) is 109 cm³/mol. The summed E-state index contributed by atoms with van der Waals surface area (Å²) in [5.74, 6) is 2.49. The number of aliphatic imine (C=N–C) groups is 1. The Morgan fingerprint density at radius 1 is 1.29 bits per heavy atom. The number of terminal acetylenes is 1. The van der Waals surface area contributed by atoms with Crippen LogP contribution in [0.2, 0.25) is 5.02 Å². The van der Waals surface area contributed by atoms with E-state index in [1.807, 2.05) is 29.2 Å². The number of nitrogens with zero attached hydrogens (tertiary/aromatic N) is 3. The first-order chi connectivity index (χ1) is 11.1. The maximum Gasteiger partial charge on any atom is 0.242 e. The van der Waals surface area contributed by atoms with Gasteiger partial charge in [-0.25, -0.2) is 4.99 Å². The van der Waals surface area contributed by atoms with E-state index in [0.29, 0.717) is 5.96 Å². The SMILES string of the molecule is C#CCNC(=O)CN=C(N)N1CCN(c2ccc(Cl)cc2)CC1.I. The molecule has 0 unspecified atom stereocenters. The number of carbonyl (C=O) groups excluding carboxylic acids is 1. The normalized spacial score (nSPS) is 14.6. The molecule has 1 aromatic rings. The summed E-state index contributed by atoms with van der Waals surface area (Å²) in [6.07, 6.45) is 5.07. The van der Waals surface area contributed by atoms with E-state index in [0.717, 1.165) is 36.9 Å². The highest BCUT2D eigenvalue weighted by atomic mass is 127. The number of amides is 1. The van der Waals surface area contributed by atoms with Crippen molar-refractivity contribution in [2.75, 3.05) is 44.2 Å². The van der Waals surface area contributed by atoms with Gasteiger partial charge in [0.2, 0.25) is 5.91 Å². The average Bonchev–Trinajstić information content (AvgIpc) is 2.58. The molecule has 130 valence electrons. The smallest absolute Gasteiger partial charge is 0.242 e. The number of guanidine groups is 1. The van der Waals surface area contributed by atoms with Crippen molar-refractivity contribution < 1.29 is 4.79 Å². The Balaban J connectivity index is 0.00000288. The van der Waals surface area contributed by atoms with Crippen LogP contribution in [0.3, 0.4) is 0 Å². The van der Waals surface area contributed by atoms with Gasteiger partial charge in [0.05, 0.1) is 6.54 Å². The second-order valence-corrected chi connectivity index (χ2v) is 5.54. The van der Waals surface area contributed by atoms with E-state index in [9.17, 15) is 4.79 Å². The van der Waals surface area contributed by atoms with Crippen LogP contribution in [-0.2, 0) is 4.79 Å². The van der Waals surface area contributed by atoms with E-state index in [4.69, 9.17) is 23.8 Å². The van der Waals surface area contributed by atoms with Gasteiger partial charge in [-0.15, -0.1) is 30.4 Å². The monoisotopic (exact) mass is 461 g/mol. The van der Waals surface area contributed by atoms with Crippen molar-refractivity contribution in [2.24, 2.45) is 10.7 Å². The Bertz CT molecular complexity index is 606. The van der Waals surface area contributed by atoms with Crippen LogP contribution in [0, 0.1) is 12.3 Å². The van der Waals surface area contributed by atoms with Crippen molar-refractivity contribution in [2.45, 2.75) is 0 Å². The van der Waals surface area contributed by atoms with Gasteiger partial charge in [0.15, 0.2) is 5.96 Å². The van der Waals surface area contributed by atoms with E-state index < -0.39 is 0 Å². The summed E-state index contributed by atoms with van der Waals surface area (Å²) in [7, 11) is 0. The lowest BCUT2D eigenvalue weighted by Gasteiger charge is -2.36. The summed E-state index contributed by atoms with van der Waals surface area (Å²) in [5.41, 5.74) is 7.09. The first kappa shape index (κ1) is 20.4. The number of halogens is 2. The summed E-state index contributed by atoms with van der Waals surface area (Å²) in [6.45, 7) is 3.37. The van der Waals surface area contributed by atoms with Crippen molar-refractivity contribution in [3.05, 3.63) is 29.3 Å². The van der Waals surface area contributed by atoms with E-state index >= 15 is 0 Å². The molecular formula is C16H21ClIN5O. The van der Waals surface area contributed by atoms with Gasteiger partial charge in [0.25, 0.3) is 0 Å². The number of nitrogens with two attached hydrogens (primary N) is 1. The number of rotatable bonds is 4. The Morgan fingerprint density at radius 3 is 2.50 bits per heavy atom. The van der Waals surface area contributed by atoms with Crippen LogP contribution >= 0.6 is 35.6 Å². The van der Waals surface area contributed by atoms with E-state index in [-0.39, 0.29) is 43.0 Å². The zero-order valence-corrected chi connectivity index (χ0v) is 16.3. The van der Waals surface area contributed by atoms with Gasteiger partial charge >= 0.3 is 0 Å². The van der Waals surface area contributed by atoms with Gasteiger partial charge < -0.3 is 20.9 Å². The molecule has 1 fully saturated rings. The molecule has 1 heterocycles. The number of hydrogen-bond acceptors (Lipinski definition) is 3. The molecule has 0 aliphatic carbocycles. The summed E-state index contributed by atoms with van der Waals surface area (Å²) in [6, 6.07) is 7.78. The molecule has 0 aromatic heterocycles. The molecule has 1 saturated heterocycles. The molecule has 3 N–H and O–H groups in total. The molecule has 0 bridgehead atoms. The number of carbonyl (C=O) groups is 1. The van der Waals surface area contributed by atoms with Crippen molar-refractivity contribution in [1.82, 2.24) is 10.2 Å². The fraction of sp³-hybridized carbons (Fsp3) is 0.375.